The Morgan fingerprint density at radius 1 is 0.950 bits per heavy atom. The molecular formula is C14H28O6. The number of hydrogen-bond donors (Lipinski definition) is 0. The summed E-state index contributed by atoms with van der Waals surface area (Å²) < 4.78 is 33.6. The van der Waals surface area contributed by atoms with E-state index in [2.05, 4.69) is 6.92 Å². The Labute approximate surface area is 121 Å². The molecule has 0 radical (unpaired) electrons. The van der Waals surface area contributed by atoms with E-state index in [1.807, 2.05) is 6.92 Å². The lowest BCUT2D eigenvalue weighted by molar-refractivity contribution is -0.321. The molecule has 6 nitrogen and oxygen atoms in total. The van der Waals surface area contributed by atoms with E-state index in [1.54, 1.807) is 28.4 Å². The van der Waals surface area contributed by atoms with Crippen molar-refractivity contribution in [3.63, 3.8) is 0 Å². The molecule has 0 aromatic heterocycles. The molecule has 1 heterocycles. The fourth-order valence-electron chi connectivity index (χ4n) is 2.41. The SMILES string of the molecule is CCC(C)O[C@@H]1O[C@H](COC)[C@@H](OC)[C@H](OC)[C@H]1OC. The quantitative estimate of drug-likeness (QED) is 0.670. The van der Waals surface area contributed by atoms with E-state index in [0.29, 0.717) is 6.61 Å². The van der Waals surface area contributed by atoms with Crippen LogP contribution in [-0.2, 0) is 28.4 Å². The van der Waals surface area contributed by atoms with Crippen LogP contribution in [-0.4, -0.2) is 71.9 Å². The van der Waals surface area contributed by atoms with Gasteiger partial charge in [-0.3, -0.25) is 0 Å². The molecule has 0 N–H and O–H groups in total. The zero-order chi connectivity index (χ0) is 15.1. The molecule has 1 unspecified atom stereocenters. The van der Waals surface area contributed by atoms with Crippen LogP contribution in [0.1, 0.15) is 20.3 Å². The van der Waals surface area contributed by atoms with Crippen molar-refractivity contribution in [1.29, 1.82) is 0 Å². The maximum atomic E-state index is 5.96. The maximum Gasteiger partial charge on any atom is 0.187 e. The second-order valence-electron chi connectivity index (χ2n) is 4.95. The molecule has 0 aromatic rings. The molecule has 0 aromatic carbocycles. The molecule has 0 spiro atoms. The van der Waals surface area contributed by atoms with Crippen molar-refractivity contribution in [2.24, 2.45) is 0 Å². The highest BCUT2D eigenvalue weighted by atomic mass is 16.7. The first kappa shape index (κ1) is 17.8. The van der Waals surface area contributed by atoms with Gasteiger partial charge in [-0.05, 0) is 13.3 Å². The summed E-state index contributed by atoms with van der Waals surface area (Å²) in [7, 11) is 6.52. The lowest BCUT2D eigenvalue weighted by Crippen LogP contribution is -2.61. The summed E-state index contributed by atoms with van der Waals surface area (Å²) >= 11 is 0. The monoisotopic (exact) mass is 292 g/mol. The van der Waals surface area contributed by atoms with E-state index in [0.717, 1.165) is 6.42 Å². The van der Waals surface area contributed by atoms with Gasteiger partial charge in [-0.25, -0.2) is 0 Å². The van der Waals surface area contributed by atoms with E-state index < -0.39 is 6.29 Å². The predicted octanol–water partition coefficient (Wildman–Crippen LogP) is 1.22. The first-order valence-electron chi connectivity index (χ1n) is 7.01. The van der Waals surface area contributed by atoms with Crippen LogP contribution in [0.25, 0.3) is 0 Å². The maximum absolute atomic E-state index is 5.96. The Balaban J connectivity index is 2.87. The van der Waals surface area contributed by atoms with Gasteiger partial charge in [-0.15, -0.1) is 0 Å². The predicted molar refractivity (Wildman–Crippen MR) is 73.8 cm³/mol. The lowest BCUT2D eigenvalue weighted by Gasteiger charge is -2.45. The molecular weight excluding hydrogens is 264 g/mol. The van der Waals surface area contributed by atoms with Gasteiger partial charge in [0.1, 0.15) is 24.4 Å². The van der Waals surface area contributed by atoms with Crippen LogP contribution < -0.4 is 0 Å². The van der Waals surface area contributed by atoms with Crippen LogP contribution in [0.5, 0.6) is 0 Å². The molecule has 0 saturated carbocycles. The third-order valence-electron chi connectivity index (χ3n) is 3.68. The van der Waals surface area contributed by atoms with Crippen molar-refractivity contribution in [2.75, 3.05) is 35.0 Å². The standard InChI is InChI=1S/C14H28O6/c1-7-9(2)19-14-13(18-6)12(17-5)11(16-4)10(20-14)8-15-3/h9-14H,7-8H2,1-6H3/t9?,10-,11-,12+,13-,14-/m1/s1. The Kier molecular flexibility index (Phi) is 7.94. The van der Waals surface area contributed by atoms with Crippen LogP contribution in [0.15, 0.2) is 0 Å². The molecule has 0 amide bonds. The average Bonchev–Trinajstić information content (AvgIpc) is 2.46. The van der Waals surface area contributed by atoms with Gasteiger partial charge in [-0.1, -0.05) is 6.92 Å². The minimum atomic E-state index is -0.494. The summed E-state index contributed by atoms with van der Waals surface area (Å²) in [6.45, 7) is 4.48. The van der Waals surface area contributed by atoms with Crippen molar-refractivity contribution in [1.82, 2.24) is 0 Å². The van der Waals surface area contributed by atoms with Gasteiger partial charge < -0.3 is 28.4 Å². The highest BCUT2D eigenvalue weighted by Gasteiger charge is 2.47. The average molecular weight is 292 g/mol. The molecule has 6 atom stereocenters. The minimum absolute atomic E-state index is 0.0810. The van der Waals surface area contributed by atoms with Gasteiger partial charge in [-0.2, -0.15) is 0 Å². The van der Waals surface area contributed by atoms with Crippen molar-refractivity contribution in [3.05, 3.63) is 0 Å². The van der Waals surface area contributed by atoms with Crippen LogP contribution >= 0.6 is 0 Å². The van der Waals surface area contributed by atoms with E-state index in [1.165, 1.54) is 0 Å². The van der Waals surface area contributed by atoms with Gasteiger partial charge in [0, 0.05) is 28.4 Å². The molecule has 1 saturated heterocycles. The molecule has 0 aliphatic carbocycles. The Morgan fingerprint density at radius 2 is 1.55 bits per heavy atom. The van der Waals surface area contributed by atoms with E-state index in [-0.39, 0.29) is 30.5 Å². The molecule has 6 heteroatoms. The third kappa shape index (κ3) is 4.13. The van der Waals surface area contributed by atoms with Crippen molar-refractivity contribution in [2.45, 2.75) is 57.1 Å². The smallest absolute Gasteiger partial charge is 0.187 e. The summed E-state index contributed by atoms with van der Waals surface area (Å²) in [6.07, 6.45) is -0.641. The zero-order valence-corrected chi connectivity index (χ0v) is 13.3. The van der Waals surface area contributed by atoms with Crippen molar-refractivity contribution >= 4 is 0 Å². The number of methoxy groups -OCH3 is 4. The van der Waals surface area contributed by atoms with Gasteiger partial charge in [0.05, 0.1) is 12.7 Å². The molecule has 0 bridgehead atoms. The Hall–Kier alpha value is -0.240. The van der Waals surface area contributed by atoms with Gasteiger partial charge in [0.25, 0.3) is 0 Å². The Bertz CT molecular complexity index is 262. The van der Waals surface area contributed by atoms with Gasteiger partial charge in [0.2, 0.25) is 0 Å². The normalized spacial score (nSPS) is 36.0. The highest BCUT2D eigenvalue weighted by Crippen LogP contribution is 2.28. The summed E-state index contributed by atoms with van der Waals surface area (Å²) in [6, 6.07) is 0. The first-order chi connectivity index (χ1) is 9.62. The van der Waals surface area contributed by atoms with Crippen molar-refractivity contribution < 1.29 is 28.4 Å². The third-order valence-corrected chi connectivity index (χ3v) is 3.68. The largest absolute Gasteiger partial charge is 0.382 e. The number of hydrogen-bond acceptors (Lipinski definition) is 6. The highest BCUT2D eigenvalue weighted by molar-refractivity contribution is 4.92. The summed E-state index contributed by atoms with van der Waals surface area (Å²) in [5, 5.41) is 0. The van der Waals surface area contributed by atoms with Crippen LogP contribution in [0.4, 0.5) is 0 Å². The zero-order valence-electron chi connectivity index (χ0n) is 13.3. The van der Waals surface area contributed by atoms with Crippen molar-refractivity contribution in [3.8, 4) is 0 Å². The summed E-state index contributed by atoms with van der Waals surface area (Å²) in [5.74, 6) is 0. The van der Waals surface area contributed by atoms with Crippen LogP contribution in [0.3, 0.4) is 0 Å². The van der Waals surface area contributed by atoms with E-state index in [4.69, 9.17) is 28.4 Å². The second-order valence-corrected chi connectivity index (χ2v) is 4.95. The first-order valence-corrected chi connectivity index (χ1v) is 7.01. The Morgan fingerprint density at radius 3 is 2.00 bits per heavy atom. The van der Waals surface area contributed by atoms with Crippen LogP contribution in [0.2, 0.25) is 0 Å². The molecule has 1 aliphatic heterocycles. The summed E-state index contributed by atoms with van der Waals surface area (Å²) in [4.78, 5) is 0. The number of ether oxygens (including phenoxy) is 6. The number of rotatable bonds is 8. The molecule has 1 aliphatic rings. The van der Waals surface area contributed by atoms with Crippen LogP contribution in [0, 0.1) is 0 Å². The molecule has 1 rings (SSSR count). The fraction of sp³-hybridized carbons (Fsp3) is 1.00. The minimum Gasteiger partial charge on any atom is -0.382 e. The van der Waals surface area contributed by atoms with E-state index in [9.17, 15) is 0 Å². The molecule has 120 valence electrons. The fourth-order valence-corrected chi connectivity index (χ4v) is 2.41. The molecule has 1 fully saturated rings. The second kappa shape index (κ2) is 8.92. The van der Waals surface area contributed by atoms with Gasteiger partial charge >= 0.3 is 0 Å². The topological polar surface area (TPSA) is 55.4 Å². The van der Waals surface area contributed by atoms with E-state index >= 15 is 0 Å². The molecule has 20 heavy (non-hydrogen) atoms. The lowest BCUT2D eigenvalue weighted by atomic mass is 9.98. The summed E-state index contributed by atoms with van der Waals surface area (Å²) in [5.41, 5.74) is 0. The van der Waals surface area contributed by atoms with Gasteiger partial charge in [0.15, 0.2) is 6.29 Å².